The van der Waals surface area contributed by atoms with Crippen molar-refractivity contribution in [3.8, 4) is 5.75 Å². The van der Waals surface area contributed by atoms with Crippen LogP contribution in [0.25, 0.3) is 0 Å². The van der Waals surface area contributed by atoms with Gasteiger partial charge < -0.3 is 20.3 Å². The van der Waals surface area contributed by atoms with Crippen molar-refractivity contribution in [1.29, 1.82) is 0 Å². The fourth-order valence-electron chi connectivity index (χ4n) is 1.43. The minimum Gasteiger partial charge on any atom is -0.508 e. The van der Waals surface area contributed by atoms with Gasteiger partial charge in [-0.2, -0.15) is 0 Å². The van der Waals surface area contributed by atoms with Crippen molar-refractivity contribution in [3.05, 3.63) is 29.3 Å². The highest BCUT2D eigenvalue weighted by Crippen LogP contribution is 2.18. The third-order valence-corrected chi connectivity index (χ3v) is 2.32. The maximum Gasteiger partial charge on any atom is 0.309 e. The van der Waals surface area contributed by atoms with Crippen LogP contribution in [0.3, 0.4) is 0 Å². The molecule has 0 unspecified atom stereocenters. The molecule has 0 aliphatic rings. The number of phenolic OH excluding ortho intramolecular Hbond substituents is 1. The molecule has 0 bridgehead atoms. The molecule has 5 heteroatoms. The first-order chi connectivity index (χ1) is 8.17. The zero-order chi connectivity index (χ0) is 12.7. The van der Waals surface area contributed by atoms with E-state index in [0.29, 0.717) is 18.7 Å². The molecule has 0 radical (unpaired) electrons. The number of phenols is 1. The number of methoxy groups -OCH3 is 1. The first-order valence-electron chi connectivity index (χ1n) is 5.36. The van der Waals surface area contributed by atoms with E-state index in [1.54, 1.807) is 18.2 Å². The lowest BCUT2D eigenvalue weighted by atomic mass is 10.1. The molecule has 0 amide bonds. The highest BCUT2D eigenvalue weighted by atomic mass is 16.5. The number of aliphatic hydroxyl groups is 1. The van der Waals surface area contributed by atoms with Crippen molar-refractivity contribution in [1.82, 2.24) is 5.32 Å². The molecule has 5 nitrogen and oxygen atoms in total. The predicted octanol–water partition coefficient (Wildman–Crippen LogP) is 0.190. The molecular formula is C12H17NO4. The van der Waals surface area contributed by atoms with Crippen LogP contribution in [0.5, 0.6) is 5.75 Å². The summed E-state index contributed by atoms with van der Waals surface area (Å²) in [5.74, 6) is -0.144. The van der Waals surface area contributed by atoms with Gasteiger partial charge >= 0.3 is 5.97 Å². The van der Waals surface area contributed by atoms with Gasteiger partial charge in [-0.3, -0.25) is 4.79 Å². The van der Waals surface area contributed by atoms with E-state index in [-0.39, 0.29) is 24.7 Å². The maximum absolute atomic E-state index is 11.1. The summed E-state index contributed by atoms with van der Waals surface area (Å²) in [6, 6.07) is 4.98. The Morgan fingerprint density at radius 2 is 2.24 bits per heavy atom. The van der Waals surface area contributed by atoms with Crippen molar-refractivity contribution in [2.75, 3.05) is 20.3 Å². The highest BCUT2D eigenvalue weighted by molar-refractivity contribution is 5.72. The number of aromatic hydroxyl groups is 1. The minimum absolute atomic E-state index is 0.0443. The molecule has 1 aromatic carbocycles. The quantitative estimate of drug-likeness (QED) is 0.488. The van der Waals surface area contributed by atoms with Crippen LogP contribution in [0.2, 0.25) is 0 Å². The van der Waals surface area contributed by atoms with Crippen LogP contribution in [0.15, 0.2) is 18.2 Å². The molecule has 0 saturated heterocycles. The molecule has 0 atom stereocenters. The lowest BCUT2D eigenvalue weighted by Gasteiger charge is -2.08. The lowest BCUT2D eigenvalue weighted by molar-refractivity contribution is -0.139. The Kier molecular flexibility index (Phi) is 5.45. The Hall–Kier alpha value is -1.59. The number of ether oxygens (including phenoxy) is 1. The van der Waals surface area contributed by atoms with E-state index in [9.17, 15) is 9.90 Å². The largest absolute Gasteiger partial charge is 0.508 e. The Labute approximate surface area is 100 Å². The SMILES string of the molecule is COC(=O)Cc1ccc(O)c(CNCCO)c1. The molecule has 17 heavy (non-hydrogen) atoms. The number of aliphatic hydroxyl groups excluding tert-OH is 1. The van der Waals surface area contributed by atoms with E-state index in [2.05, 4.69) is 10.1 Å². The maximum atomic E-state index is 11.1. The number of hydrogen-bond acceptors (Lipinski definition) is 5. The molecule has 0 saturated carbocycles. The molecule has 0 aliphatic carbocycles. The number of esters is 1. The highest BCUT2D eigenvalue weighted by Gasteiger charge is 2.06. The number of rotatable bonds is 6. The first kappa shape index (κ1) is 13.5. The zero-order valence-corrected chi connectivity index (χ0v) is 9.77. The molecule has 0 aliphatic heterocycles. The summed E-state index contributed by atoms with van der Waals surface area (Å²) < 4.78 is 4.57. The number of benzene rings is 1. The molecule has 94 valence electrons. The van der Waals surface area contributed by atoms with Gasteiger partial charge in [-0.15, -0.1) is 0 Å². The summed E-state index contributed by atoms with van der Waals surface area (Å²) in [6.45, 7) is 0.949. The van der Waals surface area contributed by atoms with Gasteiger partial charge in [0.1, 0.15) is 5.75 Å². The number of hydrogen-bond donors (Lipinski definition) is 3. The molecule has 0 fully saturated rings. The predicted molar refractivity (Wildman–Crippen MR) is 62.6 cm³/mol. The van der Waals surface area contributed by atoms with Crippen molar-refractivity contribution < 1.29 is 19.7 Å². The van der Waals surface area contributed by atoms with Crippen molar-refractivity contribution in [3.63, 3.8) is 0 Å². The van der Waals surface area contributed by atoms with Crippen LogP contribution < -0.4 is 5.32 Å². The van der Waals surface area contributed by atoms with Gasteiger partial charge in [-0.1, -0.05) is 12.1 Å². The summed E-state index contributed by atoms with van der Waals surface area (Å²) >= 11 is 0. The Morgan fingerprint density at radius 1 is 1.47 bits per heavy atom. The molecule has 1 rings (SSSR count). The minimum atomic E-state index is -0.315. The van der Waals surface area contributed by atoms with Crippen LogP contribution in [-0.2, 0) is 22.5 Å². The van der Waals surface area contributed by atoms with E-state index in [1.165, 1.54) is 7.11 Å². The van der Waals surface area contributed by atoms with Crippen LogP contribution in [0.4, 0.5) is 0 Å². The van der Waals surface area contributed by atoms with E-state index in [1.807, 2.05) is 0 Å². The van der Waals surface area contributed by atoms with Gasteiger partial charge in [0, 0.05) is 18.7 Å². The van der Waals surface area contributed by atoms with Crippen LogP contribution in [0, 0.1) is 0 Å². The second-order valence-corrected chi connectivity index (χ2v) is 3.62. The standard InChI is InChI=1S/C12H17NO4/c1-17-12(16)7-9-2-3-11(15)10(6-9)8-13-4-5-14/h2-3,6,13-15H,4-5,7-8H2,1H3. The fraction of sp³-hybridized carbons (Fsp3) is 0.417. The number of nitrogens with one attached hydrogen (secondary N) is 1. The van der Waals surface area contributed by atoms with Crippen molar-refractivity contribution >= 4 is 5.97 Å². The first-order valence-corrected chi connectivity index (χ1v) is 5.36. The average molecular weight is 239 g/mol. The van der Waals surface area contributed by atoms with Gasteiger partial charge in [-0.25, -0.2) is 0 Å². The van der Waals surface area contributed by atoms with Crippen LogP contribution in [-0.4, -0.2) is 36.4 Å². The van der Waals surface area contributed by atoms with Crippen LogP contribution in [0.1, 0.15) is 11.1 Å². The van der Waals surface area contributed by atoms with E-state index in [4.69, 9.17) is 5.11 Å². The van der Waals surface area contributed by atoms with Gasteiger partial charge in [0.05, 0.1) is 20.1 Å². The molecular weight excluding hydrogens is 222 g/mol. The number of carbonyl (C=O) groups excluding carboxylic acids is 1. The average Bonchev–Trinajstić information content (AvgIpc) is 2.33. The molecule has 0 aromatic heterocycles. The summed E-state index contributed by atoms with van der Waals surface area (Å²) in [4.78, 5) is 11.1. The summed E-state index contributed by atoms with van der Waals surface area (Å²) in [7, 11) is 1.34. The Balaban J connectivity index is 2.68. The second-order valence-electron chi connectivity index (χ2n) is 3.62. The normalized spacial score (nSPS) is 10.2. The Morgan fingerprint density at radius 3 is 2.88 bits per heavy atom. The third kappa shape index (κ3) is 4.42. The third-order valence-electron chi connectivity index (χ3n) is 2.32. The van der Waals surface area contributed by atoms with E-state index in [0.717, 1.165) is 5.56 Å². The second kappa shape index (κ2) is 6.88. The molecule has 0 heterocycles. The van der Waals surface area contributed by atoms with Gasteiger partial charge in [0.25, 0.3) is 0 Å². The summed E-state index contributed by atoms with van der Waals surface area (Å²) in [6.07, 6.45) is 0.184. The summed E-state index contributed by atoms with van der Waals surface area (Å²) in [5.41, 5.74) is 1.48. The van der Waals surface area contributed by atoms with Crippen molar-refractivity contribution in [2.24, 2.45) is 0 Å². The summed E-state index contributed by atoms with van der Waals surface area (Å²) in [5, 5.41) is 21.2. The fourth-order valence-corrected chi connectivity index (χ4v) is 1.43. The van der Waals surface area contributed by atoms with Gasteiger partial charge in [-0.05, 0) is 11.6 Å². The van der Waals surface area contributed by atoms with E-state index >= 15 is 0 Å². The van der Waals surface area contributed by atoms with Gasteiger partial charge in [0.15, 0.2) is 0 Å². The zero-order valence-electron chi connectivity index (χ0n) is 9.77. The smallest absolute Gasteiger partial charge is 0.309 e. The van der Waals surface area contributed by atoms with Crippen molar-refractivity contribution in [2.45, 2.75) is 13.0 Å². The molecule has 0 spiro atoms. The monoisotopic (exact) mass is 239 g/mol. The molecule has 3 N–H and O–H groups in total. The lowest BCUT2D eigenvalue weighted by Crippen LogP contribution is -2.17. The number of carbonyl (C=O) groups is 1. The van der Waals surface area contributed by atoms with Crippen LogP contribution >= 0.6 is 0 Å². The molecule has 1 aromatic rings. The van der Waals surface area contributed by atoms with Gasteiger partial charge in [0.2, 0.25) is 0 Å². The van der Waals surface area contributed by atoms with E-state index < -0.39 is 0 Å². The Bertz CT molecular complexity index is 379. The topological polar surface area (TPSA) is 78.8 Å².